The minimum atomic E-state index is -3.32. The summed E-state index contributed by atoms with van der Waals surface area (Å²) in [5, 5.41) is 4.94. The van der Waals surface area contributed by atoms with Crippen LogP contribution >= 0.6 is 0 Å². The summed E-state index contributed by atoms with van der Waals surface area (Å²) in [6.07, 6.45) is 5.50. The minimum absolute atomic E-state index is 0.0494. The first-order valence-electron chi connectivity index (χ1n) is 5.11. The SMILES string of the molecule is NS(=O)(=O)CCC1CC2(CCC2)CO1. The first-order valence-corrected chi connectivity index (χ1v) is 6.83. The highest BCUT2D eigenvalue weighted by atomic mass is 32.2. The van der Waals surface area contributed by atoms with Gasteiger partial charge < -0.3 is 4.74 Å². The van der Waals surface area contributed by atoms with Crippen LogP contribution in [0.15, 0.2) is 0 Å². The Morgan fingerprint density at radius 2 is 2.14 bits per heavy atom. The van der Waals surface area contributed by atoms with Gasteiger partial charge in [-0.3, -0.25) is 0 Å². The van der Waals surface area contributed by atoms with Gasteiger partial charge in [0, 0.05) is 0 Å². The molecule has 0 radical (unpaired) electrons. The molecule has 2 aliphatic rings. The van der Waals surface area contributed by atoms with Crippen molar-refractivity contribution < 1.29 is 13.2 Å². The van der Waals surface area contributed by atoms with E-state index in [0.717, 1.165) is 13.0 Å². The van der Waals surface area contributed by atoms with Crippen molar-refractivity contribution in [3.63, 3.8) is 0 Å². The molecule has 2 fully saturated rings. The Balaban J connectivity index is 1.79. The van der Waals surface area contributed by atoms with Gasteiger partial charge in [0.15, 0.2) is 0 Å². The molecule has 0 aromatic heterocycles. The Kier molecular flexibility index (Phi) is 2.57. The molecule has 1 aliphatic carbocycles. The Morgan fingerprint density at radius 1 is 1.43 bits per heavy atom. The molecule has 1 saturated heterocycles. The van der Waals surface area contributed by atoms with Gasteiger partial charge >= 0.3 is 0 Å². The van der Waals surface area contributed by atoms with Crippen molar-refractivity contribution in [1.29, 1.82) is 0 Å². The van der Waals surface area contributed by atoms with Gasteiger partial charge in [0.2, 0.25) is 10.0 Å². The van der Waals surface area contributed by atoms with Crippen molar-refractivity contribution in [2.24, 2.45) is 10.6 Å². The first kappa shape index (κ1) is 10.4. The number of hydrogen-bond donors (Lipinski definition) is 1. The Hall–Kier alpha value is -0.130. The van der Waals surface area contributed by atoms with Gasteiger partial charge in [-0.05, 0) is 31.1 Å². The highest BCUT2D eigenvalue weighted by Crippen LogP contribution is 2.49. The fourth-order valence-electron chi connectivity index (χ4n) is 2.40. The zero-order valence-corrected chi connectivity index (χ0v) is 9.05. The highest BCUT2D eigenvalue weighted by molar-refractivity contribution is 7.89. The third-order valence-corrected chi connectivity index (χ3v) is 4.23. The van der Waals surface area contributed by atoms with Gasteiger partial charge in [0.1, 0.15) is 0 Å². The van der Waals surface area contributed by atoms with Crippen LogP contribution in [0.5, 0.6) is 0 Å². The molecule has 0 amide bonds. The molecular formula is C9H17NO3S. The average Bonchev–Trinajstić information content (AvgIpc) is 2.42. The van der Waals surface area contributed by atoms with Crippen LogP contribution < -0.4 is 5.14 Å². The van der Waals surface area contributed by atoms with Gasteiger partial charge in [0.25, 0.3) is 0 Å². The summed E-state index contributed by atoms with van der Waals surface area (Å²) in [7, 11) is -3.32. The molecule has 1 heterocycles. The van der Waals surface area contributed by atoms with Gasteiger partial charge in [-0.1, -0.05) is 6.42 Å². The molecule has 0 aromatic carbocycles. The van der Waals surface area contributed by atoms with E-state index in [2.05, 4.69) is 0 Å². The second kappa shape index (κ2) is 3.47. The van der Waals surface area contributed by atoms with E-state index >= 15 is 0 Å². The van der Waals surface area contributed by atoms with E-state index in [4.69, 9.17) is 9.88 Å². The monoisotopic (exact) mass is 219 g/mol. The fourth-order valence-corrected chi connectivity index (χ4v) is 2.99. The highest BCUT2D eigenvalue weighted by Gasteiger charge is 2.44. The molecular weight excluding hydrogens is 202 g/mol. The fraction of sp³-hybridized carbons (Fsp3) is 1.00. The molecule has 0 aromatic rings. The molecule has 82 valence electrons. The number of nitrogens with two attached hydrogens (primary N) is 1. The van der Waals surface area contributed by atoms with Crippen LogP contribution in [0, 0.1) is 5.41 Å². The van der Waals surface area contributed by atoms with E-state index in [9.17, 15) is 8.42 Å². The second-order valence-corrected chi connectivity index (χ2v) is 6.38. The maximum Gasteiger partial charge on any atom is 0.209 e. The molecule has 0 bridgehead atoms. The molecule has 1 aliphatic heterocycles. The maximum atomic E-state index is 10.8. The second-order valence-electron chi connectivity index (χ2n) is 4.65. The lowest BCUT2D eigenvalue weighted by Crippen LogP contribution is -2.29. The van der Waals surface area contributed by atoms with Gasteiger partial charge in [-0.25, -0.2) is 13.6 Å². The smallest absolute Gasteiger partial charge is 0.209 e. The van der Waals surface area contributed by atoms with Crippen LogP contribution in [-0.4, -0.2) is 26.9 Å². The first-order chi connectivity index (χ1) is 6.49. The van der Waals surface area contributed by atoms with Crippen LogP contribution in [0.2, 0.25) is 0 Å². The van der Waals surface area contributed by atoms with Gasteiger partial charge in [0.05, 0.1) is 18.5 Å². The molecule has 5 heteroatoms. The van der Waals surface area contributed by atoms with Crippen LogP contribution in [0.3, 0.4) is 0 Å². The summed E-state index contributed by atoms with van der Waals surface area (Å²) in [5.41, 5.74) is 0.406. The van der Waals surface area contributed by atoms with Crippen molar-refractivity contribution in [3.8, 4) is 0 Å². The molecule has 2 rings (SSSR count). The van der Waals surface area contributed by atoms with Crippen LogP contribution in [-0.2, 0) is 14.8 Å². The molecule has 14 heavy (non-hydrogen) atoms. The number of primary sulfonamides is 1. The van der Waals surface area contributed by atoms with Crippen molar-refractivity contribution in [2.75, 3.05) is 12.4 Å². The number of sulfonamides is 1. The summed E-state index contributed by atoms with van der Waals surface area (Å²) in [6.45, 7) is 0.822. The lowest BCUT2D eigenvalue weighted by atomic mass is 9.67. The quantitative estimate of drug-likeness (QED) is 0.756. The summed E-state index contributed by atoms with van der Waals surface area (Å²) >= 11 is 0. The summed E-state index contributed by atoms with van der Waals surface area (Å²) < 4.78 is 27.1. The van der Waals surface area contributed by atoms with Gasteiger partial charge in [-0.2, -0.15) is 0 Å². The summed E-state index contributed by atoms with van der Waals surface area (Å²) in [4.78, 5) is 0. The summed E-state index contributed by atoms with van der Waals surface area (Å²) in [6, 6.07) is 0. The maximum absolute atomic E-state index is 10.8. The molecule has 2 N–H and O–H groups in total. The summed E-state index contributed by atoms with van der Waals surface area (Å²) in [5.74, 6) is 0.0494. The topological polar surface area (TPSA) is 69.4 Å². The molecule has 1 atom stereocenters. The molecule has 4 nitrogen and oxygen atoms in total. The average molecular weight is 219 g/mol. The van der Waals surface area contributed by atoms with E-state index in [-0.39, 0.29) is 11.9 Å². The lowest BCUT2D eigenvalue weighted by Gasteiger charge is -2.36. The van der Waals surface area contributed by atoms with Crippen LogP contribution in [0.25, 0.3) is 0 Å². The molecule has 1 spiro atoms. The van der Waals surface area contributed by atoms with E-state index in [1.54, 1.807) is 0 Å². The normalized spacial score (nSPS) is 30.5. The van der Waals surface area contributed by atoms with Crippen molar-refractivity contribution in [3.05, 3.63) is 0 Å². The van der Waals surface area contributed by atoms with Crippen LogP contribution in [0.4, 0.5) is 0 Å². The van der Waals surface area contributed by atoms with Crippen molar-refractivity contribution in [2.45, 2.75) is 38.2 Å². The van der Waals surface area contributed by atoms with Gasteiger partial charge in [-0.15, -0.1) is 0 Å². The number of rotatable bonds is 3. The van der Waals surface area contributed by atoms with Crippen molar-refractivity contribution >= 4 is 10.0 Å². The predicted molar refractivity (Wildman–Crippen MR) is 53.2 cm³/mol. The lowest BCUT2D eigenvalue weighted by molar-refractivity contribution is 0.0680. The van der Waals surface area contributed by atoms with Crippen molar-refractivity contribution in [1.82, 2.24) is 0 Å². The van der Waals surface area contributed by atoms with Crippen LogP contribution in [0.1, 0.15) is 32.1 Å². The largest absolute Gasteiger partial charge is 0.378 e. The molecule has 1 saturated carbocycles. The Morgan fingerprint density at radius 3 is 2.57 bits per heavy atom. The third kappa shape index (κ3) is 2.27. The zero-order valence-electron chi connectivity index (χ0n) is 8.24. The predicted octanol–water partition coefficient (Wildman–Crippen LogP) is 0.624. The van der Waals surface area contributed by atoms with E-state index in [1.807, 2.05) is 0 Å². The van der Waals surface area contributed by atoms with E-state index in [0.29, 0.717) is 11.8 Å². The zero-order chi connectivity index (χ0) is 10.2. The van der Waals surface area contributed by atoms with E-state index in [1.165, 1.54) is 19.3 Å². The third-order valence-electron chi connectivity index (χ3n) is 3.42. The Bertz CT molecular complexity index is 308. The Labute approximate surface area is 84.9 Å². The standard InChI is InChI=1S/C9H17NO3S/c10-14(11,12)5-2-8-6-9(7-13-8)3-1-4-9/h8H,1-7H2,(H2,10,11,12). The number of ether oxygens (including phenoxy) is 1. The minimum Gasteiger partial charge on any atom is -0.378 e. The number of hydrogen-bond acceptors (Lipinski definition) is 3. The molecule has 1 unspecified atom stereocenters. The van der Waals surface area contributed by atoms with E-state index < -0.39 is 10.0 Å².